The normalized spacial score (nSPS) is 12.2. The van der Waals surface area contributed by atoms with E-state index in [1.165, 1.54) is 17.5 Å². The molecule has 0 saturated heterocycles. The van der Waals surface area contributed by atoms with Crippen LogP contribution in [-0.2, 0) is 4.79 Å². The van der Waals surface area contributed by atoms with E-state index in [4.69, 9.17) is 0 Å². The minimum absolute atomic E-state index is 0.346. The second kappa shape index (κ2) is 5.37. The van der Waals surface area contributed by atoms with E-state index in [1.54, 1.807) is 46.4 Å². The topological polar surface area (TPSA) is 83.7 Å². The van der Waals surface area contributed by atoms with E-state index in [-0.39, 0.29) is 0 Å². The van der Waals surface area contributed by atoms with Gasteiger partial charge in [0.05, 0.1) is 17.3 Å². The molecule has 106 valence electrons. The van der Waals surface area contributed by atoms with Crippen molar-refractivity contribution in [3.8, 4) is 0 Å². The second-order valence-corrected chi connectivity index (χ2v) is 5.33. The number of nitrogens with zero attached hydrogens (tertiary/aromatic N) is 2. The maximum atomic E-state index is 12.3. The summed E-state index contributed by atoms with van der Waals surface area (Å²) in [4.78, 5) is 24.2. The lowest BCUT2D eigenvalue weighted by atomic mass is 10.2. The van der Waals surface area contributed by atoms with E-state index < -0.39 is 17.9 Å². The molecule has 3 rings (SSSR count). The minimum Gasteiger partial charge on any atom is -0.479 e. The molecule has 0 fully saturated rings. The van der Waals surface area contributed by atoms with Gasteiger partial charge in [0.1, 0.15) is 0 Å². The molecule has 0 radical (unpaired) electrons. The van der Waals surface area contributed by atoms with Crippen LogP contribution in [0.3, 0.4) is 0 Å². The summed E-state index contributed by atoms with van der Waals surface area (Å²) in [5, 5.41) is 17.6. The van der Waals surface area contributed by atoms with Gasteiger partial charge in [-0.25, -0.2) is 9.31 Å². The van der Waals surface area contributed by atoms with E-state index in [2.05, 4.69) is 10.4 Å². The molecular formula is C14H11N3O3S. The Morgan fingerprint density at radius 2 is 2.14 bits per heavy atom. The van der Waals surface area contributed by atoms with Gasteiger partial charge in [-0.15, -0.1) is 11.3 Å². The maximum absolute atomic E-state index is 12.3. The first-order valence-corrected chi connectivity index (χ1v) is 7.04. The van der Waals surface area contributed by atoms with E-state index in [1.807, 2.05) is 0 Å². The van der Waals surface area contributed by atoms with Crippen LogP contribution in [0.5, 0.6) is 0 Å². The highest BCUT2D eigenvalue weighted by Crippen LogP contribution is 2.20. The third kappa shape index (κ3) is 2.50. The summed E-state index contributed by atoms with van der Waals surface area (Å²) in [5.74, 6) is -1.56. The largest absolute Gasteiger partial charge is 0.479 e. The van der Waals surface area contributed by atoms with Crippen molar-refractivity contribution in [2.24, 2.45) is 0 Å². The summed E-state index contributed by atoms with van der Waals surface area (Å²) in [6, 6.07) is 7.71. The van der Waals surface area contributed by atoms with Crippen molar-refractivity contribution in [1.29, 1.82) is 0 Å². The predicted molar refractivity (Wildman–Crippen MR) is 77.4 cm³/mol. The summed E-state index contributed by atoms with van der Waals surface area (Å²) in [6.45, 7) is 0. The first kappa shape index (κ1) is 13.3. The van der Waals surface area contributed by atoms with E-state index >= 15 is 0 Å². The van der Waals surface area contributed by atoms with Crippen LogP contribution in [0.1, 0.15) is 21.3 Å². The summed E-state index contributed by atoms with van der Waals surface area (Å²) in [5.41, 5.74) is 0.976. The lowest BCUT2D eigenvalue weighted by Gasteiger charge is -2.12. The zero-order valence-corrected chi connectivity index (χ0v) is 11.6. The Bertz CT molecular complexity index is 795. The summed E-state index contributed by atoms with van der Waals surface area (Å²) in [7, 11) is 0. The number of pyridine rings is 1. The number of hydrogen-bond acceptors (Lipinski definition) is 4. The van der Waals surface area contributed by atoms with Crippen LogP contribution in [-0.4, -0.2) is 26.6 Å². The molecule has 0 aliphatic carbocycles. The standard InChI is InChI=1S/C14H11N3O3S/c18-13(9-8-15-17-6-2-1-4-10(9)17)16-12(14(19)20)11-5-3-7-21-11/h1-8,12H,(H,16,18)(H,19,20). The fraction of sp³-hybridized carbons (Fsp3) is 0.0714. The van der Waals surface area contributed by atoms with Crippen molar-refractivity contribution in [2.75, 3.05) is 0 Å². The fourth-order valence-electron chi connectivity index (χ4n) is 2.03. The van der Waals surface area contributed by atoms with Gasteiger partial charge >= 0.3 is 5.97 Å². The summed E-state index contributed by atoms with van der Waals surface area (Å²) < 4.78 is 1.57. The average Bonchev–Trinajstić information content (AvgIpc) is 3.13. The van der Waals surface area contributed by atoms with Gasteiger partial charge in [-0.2, -0.15) is 5.10 Å². The Kier molecular flexibility index (Phi) is 3.41. The molecule has 3 aromatic rings. The molecule has 1 unspecified atom stereocenters. The summed E-state index contributed by atoms with van der Waals surface area (Å²) in [6.07, 6.45) is 3.15. The molecule has 1 amide bonds. The molecule has 0 spiro atoms. The Morgan fingerprint density at radius 3 is 2.86 bits per heavy atom. The molecule has 0 bridgehead atoms. The van der Waals surface area contributed by atoms with Gasteiger partial charge in [-0.05, 0) is 23.6 Å². The van der Waals surface area contributed by atoms with Gasteiger partial charge in [0.25, 0.3) is 5.91 Å². The van der Waals surface area contributed by atoms with Crippen LogP contribution >= 0.6 is 11.3 Å². The first-order chi connectivity index (χ1) is 10.2. The fourth-order valence-corrected chi connectivity index (χ4v) is 2.80. The molecule has 0 saturated carbocycles. The monoisotopic (exact) mass is 301 g/mol. The minimum atomic E-state index is -1.10. The van der Waals surface area contributed by atoms with Gasteiger partial charge in [0.15, 0.2) is 6.04 Å². The van der Waals surface area contributed by atoms with Crippen molar-refractivity contribution >= 4 is 28.7 Å². The van der Waals surface area contributed by atoms with Crippen LogP contribution in [0, 0.1) is 0 Å². The lowest BCUT2D eigenvalue weighted by Crippen LogP contribution is -2.33. The molecule has 0 aliphatic rings. The third-order valence-electron chi connectivity index (χ3n) is 3.02. The first-order valence-electron chi connectivity index (χ1n) is 6.16. The van der Waals surface area contributed by atoms with Crippen LogP contribution < -0.4 is 5.32 Å². The smallest absolute Gasteiger partial charge is 0.331 e. The third-order valence-corrected chi connectivity index (χ3v) is 3.96. The molecule has 2 N–H and O–H groups in total. The molecule has 3 aromatic heterocycles. The van der Waals surface area contributed by atoms with Crippen LogP contribution in [0.2, 0.25) is 0 Å². The van der Waals surface area contributed by atoms with Crippen LogP contribution in [0.25, 0.3) is 5.52 Å². The zero-order valence-electron chi connectivity index (χ0n) is 10.8. The maximum Gasteiger partial charge on any atom is 0.331 e. The highest BCUT2D eigenvalue weighted by atomic mass is 32.1. The van der Waals surface area contributed by atoms with E-state index in [0.717, 1.165) is 0 Å². The number of nitrogens with one attached hydrogen (secondary N) is 1. The quantitative estimate of drug-likeness (QED) is 0.771. The number of carboxylic acid groups (broad SMARTS) is 1. The molecule has 0 aliphatic heterocycles. The number of rotatable bonds is 4. The van der Waals surface area contributed by atoms with Gasteiger partial charge in [0, 0.05) is 11.1 Å². The molecule has 3 heterocycles. The number of hydrogen-bond donors (Lipinski definition) is 2. The number of amides is 1. The zero-order chi connectivity index (χ0) is 14.8. The predicted octanol–water partition coefficient (Wildman–Crippen LogP) is 1.95. The lowest BCUT2D eigenvalue weighted by molar-refractivity contribution is -0.139. The van der Waals surface area contributed by atoms with Crippen molar-refractivity contribution in [3.63, 3.8) is 0 Å². The number of carbonyl (C=O) groups is 2. The van der Waals surface area contributed by atoms with Crippen molar-refractivity contribution < 1.29 is 14.7 Å². The van der Waals surface area contributed by atoms with Gasteiger partial charge in [-0.3, -0.25) is 4.79 Å². The average molecular weight is 301 g/mol. The van der Waals surface area contributed by atoms with Crippen molar-refractivity contribution in [2.45, 2.75) is 6.04 Å². The highest BCUT2D eigenvalue weighted by molar-refractivity contribution is 7.10. The van der Waals surface area contributed by atoms with E-state index in [0.29, 0.717) is 16.0 Å². The summed E-state index contributed by atoms with van der Waals surface area (Å²) >= 11 is 1.29. The van der Waals surface area contributed by atoms with Crippen molar-refractivity contribution in [3.05, 3.63) is 58.5 Å². The highest BCUT2D eigenvalue weighted by Gasteiger charge is 2.24. The Labute approximate surface area is 123 Å². The van der Waals surface area contributed by atoms with Crippen molar-refractivity contribution in [1.82, 2.24) is 14.9 Å². The second-order valence-electron chi connectivity index (χ2n) is 4.35. The molecular weight excluding hydrogens is 290 g/mol. The SMILES string of the molecule is O=C(NC(C(=O)O)c1cccs1)c1cnn2ccccc12. The van der Waals surface area contributed by atoms with E-state index in [9.17, 15) is 14.7 Å². The molecule has 1 atom stereocenters. The number of fused-ring (bicyclic) bond motifs is 1. The number of thiophene rings is 1. The number of aromatic nitrogens is 2. The van der Waals surface area contributed by atoms with Gasteiger partial charge in [0.2, 0.25) is 0 Å². The molecule has 6 nitrogen and oxygen atoms in total. The number of aliphatic carboxylic acids is 1. The molecule has 21 heavy (non-hydrogen) atoms. The van der Waals surface area contributed by atoms with Crippen LogP contribution in [0.4, 0.5) is 0 Å². The Morgan fingerprint density at radius 1 is 1.29 bits per heavy atom. The van der Waals surface area contributed by atoms with Gasteiger partial charge in [-0.1, -0.05) is 12.1 Å². The molecule has 0 aromatic carbocycles. The Balaban J connectivity index is 1.90. The number of carbonyl (C=O) groups excluding carboxylic acids is 1. The van der Waals surface area contributed by atoms with Gasteiger partial charge < -0.3 is 10.4 Å². The molecule has 7 heteroatoms. The number of carboxylic acids is 1. The Hall–Kier alpha value is -2.67. The van der Waals surface area contributed by atoms with Crippen LogP contribution in [0.15, 0.2) is 48.1 Å².